The summed E-state index contributed by atoms with van der Waals surface area (Å²) >= 11 is 0. The third-order valence-corrected chi connectivity index (χ3v) is 2.83. The molecule has 0 radical (unpaired) electrons. The normalized spacial score (nSPS) is 30.3. The Labute approximate surface area is 110 Å². The number of halogens is 14. The second kappa shape index (κ2) is 4.29. The van der Waals surface area contributed by atoms with Crippen molar-refractivity contribution in [3.05, 3.63) is 0 Å². The highest BCUT2D eigenvalue weighted by Gasteiger charge is 3.05. The Morgan fingerprint density at radius 2 is 0.591 bits per heavy atom. The van der Waals surface area contributed by atoms with Gasteiger partial charge in [0.25, 0.3) is 0 Å². The monoisotopic (exact) mass is 368 g/mol. The number of alkyl halides is 14. The lowest BCUT2D eigenvalue weighted by Crippen LogP contribution is -2.86. The summed E-state index contributed by atoms with van der Waals surface area (Å²) in [7, 11) is 0. The molecule has 1 nitrogen and oxygen atoms in total. The molecule has 0 aromatic rings. The molecule has 0 unspecified atom stereocenters. The van der Waals surface area contributed by atoms with Crippen molar-refractivity contribution in [2.45, 2.75) is 41.5 Å². The van der Waals surface area contributed by atoms with Crippen molar-refractivity contribution < 1.29 is 66.9 Å². The van der Waals surface area contributed by atoms with E-state index >= 15 is 0 Å². The molecule has 22 heavy (non-hydrogen) atoms. The van der Waals surface area contributed by atoms with E-state index in [-0.39, 0.29) is 5.48 Å². The maximum Gasteiger partial charge on any atom is 0.435 e. The van der Waals surface area contributed by atoms with Gasteiger partial charge in [-0.25, -0.2) is 4.39 Å². The zero-order valence-electron chi connectivity index (χ0n) is 9.29. The smallest absolute Gasteiger partial charge is 0.412 e. The van der Waals surface area contributed by atoms with Crippen LogP contribution in [-0.4, -0.2) is 46.9 Å². The molecule has 2 N–H and O–H groups in total. The van der Waals surface area contributed by atoms with Crippen LogP contribution in [0.15, 0.2) is 0 Å². The molecule has 0 aromatic carbocycles. The molecule has 0 amide bonds. The SMILES string of the molecule is FC(F)(F)C1(F)C(F)(F)C(F)(F)C(F)(F)C(F)(F)C1(F)F.O. The summed E-state index contributed by atoms with van der Waals surface area (Å²) in [6, 6.07) is 0. The van der Waals surface area contributed by atoms with Gasteiger partial charge in [0.15, 0.2) is 0 Å². The van der Waals surface area contributed by atoms with Crippen molar-refractivity contribution in [2.24, 2.45) is 0 Å². The van der Waals surface area contributed by atoms with Gasteiger partial charge in [-0.1, -0.05) is 0 Å². The van der Waals surface area contributed by atoms with Crippen molar-refractivity contribution in [1.29, 1.82) is 0 Å². The van der Waals surface area contributed by atoms with Crippen LogP contribution >= 0.6 is 0 Å². The Morgan fingerprint density at radius 1 is 0.409 bits per heavy atom. The zero-order valence-corrected chi connectivity index (χ0v) is 9.29. The third kappa shape index (κ3) is 1.60. The van der Waals surface area contributed by atoms with Gasteiger partial charge >= 0.3 is 41.5 Å². The van der Waals surface area contributed by atoms with Gasteiger partial charge in [0.2, 0.25) is 0 Å². The Kier molecular flexibility index (Phi) is 4.09. The van der Waals surface area contributed by atoms with Gasteiger partial charge in [0, 0.05) is 0 Å². The Hall–Kier alpha value is -1.02. The highest BCUT2D eigenvalue weighted by molar-refractivity contribution is 5.28. The van der Waals surface area contributed by atoms with E-state index in [9.17, 15) is 61.5 Å². The van der Waals surface area contributed by atoms with E-state index < -0.39 is 41.5 Å². The topological polar surface area (TPSA) is 31.5 Å². The summed E-state index contributed by atoms with van der Waals surface area (Å²) in [6.45, 7) is 0. The quantitative estimate of drug-likeness (QED) is 0.585. The van der Waals surface area contributed by atoms with Crippen LogP contribution < -0.4 is 0 Å². The van der Waals surface area contributed by atoms with E-state index in [1.54, 1.807) is 0 Å². The van der Waals surface area contributed by atoms with Gasteiger partial charge in [-0.05, 0) is 0 Å². The standard InChI is InChI=1S/C7F14.H2O/c8-1(7(19,20)21)2(9,10)4(13,14)6(17,18)5(15,16)3(1,11)12;/h;1H2. The van der Waals surface area contributed by atoms with Crippen LogP contribution in [0.25, 0.3) is 0 Å². The predicted octanol–water partition coefficient (Wildman–Crippen LogP) is 3.62. The van der Waals surface area contributed by atoms with Gasteiger partial charge < -0.3 is 5.48 Å². The van der Waals surface area contributed by atoms with E-state index in [4.69, 9.17) is 0 Å². The van der Waals surface area contributed by atoms with Crippen LogP contribution in [-0.2, 0) is 0 Å². The molecule has 0 saturated heterocycles. The molecular weight excluding hydrogens is 366 g/mol. The largest absolute Gasteiger partial charge is 0.435 e. The van der Waals surface area contributed by atoms with Crippen LogP contribution in [0, 0.1) is 0 Å². The van der Waals surface area contributed by atoms with Gasteiger partial charge in [-0.2, -0.15) is 57.1 Å². The molecule has 1 aliphatic rings. The minimum Gasteiger partial charge on any atom is -0.412 e. The molecule has 1 saturated carbocycles. The van der Waals surface area contributed by atoms with Gasteiger partial charge in [0.1, 0.15) is 0 Å². The minimum absolute atomic E-state index is 0. The molecule has 0 spiro atoms. The van der Waals surface area contributed by atoms with Crippen LogP contribution in [0.4, 0.5) is 61.5 Å². The second-order valence-corrected chi connectivity index (χ2v) is 4.03. The molecule has 1 fully saturated rings. The molecule has 15 heteroatoms. The van der Waals surface area contributed by atoms with Crippen molar-refractivity contribution in [3.8, 4) is 0 Å². The van der Waals surface area contributed by atoms with Gasteiger partial charge in [-0.3, -0.25) is 0 Å². The van der Waals surface area contributed by atoms with Gasteiger partial charge in [-0.15, -0.1) is 0 Å². The molecule has 1 rings (SSSR count). The van der Waals surface area contributed by atoms with E-state index in [0.29, 0.717) is 0 Å². The fourth-order valence-electron chi connectivity index (χ4n) is 1.58. The highest BCUT2D eigenvalue weighted by Crippen LogP contribution is 2.72. The molecule has 1 aliphatic carbocycles. The van der Waals surface area contributed by atoms with E-state index in [1.165, 1.54) is 0 Å². The maximum absolute atomic E-state index is 13.1. The Morgan fingerprint density at radius 3 is 0.773 bits per heavy atom. The first-order chi connectivity index (χ1) is 8.75. The lowest BCUT2D eigenvalue weighted by Gasteiger charge is -2.52. The molecule has 134 valence electrons. The third-order valence-electron chi connectivity index (χ3n) is 2.83. The van der Waals surface area contributed by atoms with Crippen molar-refractivity contribution in [2.75, 3.05) is 0 Å². The van der Waals surface area contributed by atoms with E-state index in [2.05, 4.69) is 0 Å². The fraction of sp³-hybridized carbons (Fsp3) is 1.00. The summed E-state index contributed by atoms with van der Waals surface area (Å²) in [5.74, 6) is -38.9. The second-order valence-electron chi connectivity index (χ2n) is 4.03. The number of hydrogen-bond acceptors (Lipinski definition) is 0. The fourth-order valence-corrected chi connectivity index (χ4v) is 1.58. The molecule has 0 atom stereocenters. The average molecular weight is 368 g/mol. The summed E-state index contributed by atoms with van der Waals surface area (Å²) < 4.78 is 175. The van der Waals surface area contributed by atoms with Crippen LogP contribution in [0.3, 0.4) is 0 Å². The molecule has 0 aliphatic heterocycles. The zero-order chi connectivity index (χ0) is 17.5. The lowest BCUT2D eigenvalue weighted by molar-refractivity contribution is -0.515. The molecule has 0 heterocycles. The predicted molar refractivity (Wildman–Crippen MR) is 38.2 cm³/mol. The van der Waals surface area contributed by atoms with Crippen molar-refractivity contribution in [3.63, 3.8) is 0 Å². The van der Waals surface area contributed by atoms with Crippen LogP contribution in [0.5, 0.6) is 0 Å². The average Bonchev–Trinajstić information content (AvgIpc) is 2.23. The van der Waals surface area contributed by atoms with Crippen molar-refractivity contribution >= 4 is 0 Å². The highest BCUT2D eigenvalue weighted by atomic mass is 19.4. The first-order valence-corrected chi connectivity index (χ1v) is 4.40. The Bertz CT molecular complexity index is 417. The lowest BCUT2D eigenvalue weighted by atomic mass is 9.72. The van der Waals surface area contributed by atoms with E-state index in [1.807, 2.05) is 0 Å². The molecule has 0 bridgehead atoms. The van der Waals surface area contributed by atoms with Crippen LogP contribution in [0.2, 0.25) is 0 Å². The van der Waals surface area contributed by atoms with Gasteiger partial charge in [0.05, 0.1) is 0 Å². The summed E-state index contributed by atoms with van der Waals surface area (Å²) in [6.07, 6.45) is -7.70. The number of hydrogen-bond donors (Lipinski definition) is 0. The number of rotatable bonds is 0. The summed E-state index contributed by atoms with van der Waals surface area (Å²) in [5.41, 5.74) is -7.91. The minimum atomic E-state index is -7.91. The maximum atomic E-state index is 13.1. The van der Waals surface area contributed by atoms with Crippen LogP contribution in [0.1, 0.15) is 0 Å². The molecular formula is C7H2F14O. The first kappa shape index (κ1) is 21.0. The summed E-state index contributed by atoms with van der Waals surface area (Å²) in [5, 5.41) is 0. The van der Waals surface area contributed by atoms with Crippen molar-refractivity contribution in [1.82, 2.24) is 0 Å². The van der Waals surface area contributed by atoms with E-state index in [0.717, 1.165) is 0 Å². The molecule has 0 aromatic heterocycles. The summed E-state index contributed by atoms with van der Waals surface area (Å²) in [4.78, 5) is 0. The Balaban J connectivity index is 0.00000441. The first-order valence-electron chi connectivity index (χ1n) is 4.40.